The number of thioether (sulfide) groups is 1. The summed E-state index contributed by atoms with van der Waals surface area (Å²) < 4.78 is 10.9. The van der Waals surface area contributed by atoms with Gasteiger partial charge in [-0.2, -0.15) is 15.1 Å². The second-order valence-corrected chi connectivity index (χ2v) is 10.0. The average molecular weight is 495 g/mol. The molecule has 3 aliphatic rings. The molecule has 0 bridgehead atoms. The Bertz CT molecular complexity index is 1240. The van der Waals surface area contributed by atoms with Gasteiger partial charge in [-0.3, -0.25) is 10.2 Å². The highest BCUT2D eigenvalue weighted by Gasteiger charge is 2.38. The molecule has 1 aromatic heterocycles. The first-order chi connectivity index (χ1) is 16.5. The van der Waals surface area contributed by atoms with Gasteiger partial charge in [0.15, 0.2) is 17.3 Å². The third kappa shape index (κ3) is 4.43. The third-order valence-corrected chi connectivity index (χ3v) is 7.77. The van der Waals surface area contributed by atoms with E-state index in [0.29, 0.717) is 27.3 Å². The molecule has 5 rings (SSSR count). The van der Waals surface area contributed by atoms with Crippen LogP contribution >= 0.6 is 23.1 Å². The van der Waals surface area contributed by atoms with Crippen LogP contribution in [-0.2, 0) is 4.79 Å². The van der Waals surface area contributed by atoms with Crippen molar-refractivity contribution in [3.05, 3.63) is 51.7 Å². The van der Waals surface area contributed by atoms with Gasteiger partial charge >= 0.3 is 5.97 Å². The van der Waals surface area contributed by atoms with Crippen LogP contribution in [0, 0.1) is 11.3 Å². The fourth-order valence-corrected chi connectivity index (χ4v) is 5.75. The first-order valence-electron chi connectivity index (χ1n) is 11.0. The highest BCUT2D eigenvalue weighted by molar-refractivity contribution is 8.27. The third-order valence-electron chi connectivity index (χ3n) is 5.85. The van der Waals surface area contributed by atoms with Crippen molar-refractivity contribution in [2.45, 2.75) is 32.1 Å². The lowest BCUT2D eigenvalue weighted by molar-refractivity contribution is -0.114. The van der Waals surface area contributed by atoms with Gasteiger partial charge in [0.2, 0.25) is 5.17 Å². The molecular formula is C24H22N4O4S2. The van der Waals surface area contributed by atoms with Gasteiger partial charge in [-0.25, -0.2) is 4.79 Å². The number of aliphatic imine (C=N–C) groups is 1. The largest absolute Gasteiger partial charge is 0.493 e. The van der Waals surface area contributed by atoms with Crippen LogP contribution < -0.4 is 9.47 Å². The molecule has 2 aliphatic heterocycles. The molecule has 0 saturated heterocycles. The summed E-state index contributed by atoms with van der Waals surface area (Å²) in [7, 11) is 1.47. The summed E-state index contributed by atoms with van der Waals surface area (Å²) in [5.41, 5.74) is 0.756. The number of amidine groups is 2. The highest BCUT2D eigenvalue weighted by atomic mass is 32.2. The fourth-order valence-electron chi connectivity index (χ4n) is 4.09. The van der Waals surface area contributed by atoms with Gasteiger partial charge in [0.25, 0.3) is 5.91 Å². The molecule has 34 heavy (non-hydrogen) atoms. The number of hydrazone groups is 1. The minimum absolute atomic E-state index is 0.000441. The van der Waals surface area contributed by atoms with E-state index in [1.54, 1.807) is 41.8 Å². The number of carbonyl (C=O) groups is 2. The number of hydrogen-bond donors (Lipinski definition) is 1. The topological polar surface area (TPSA) is 104 Å². The Hall–Kier alpha value is -3.24. The van der Waals surface area contributed by atoms with Crippen molar-refractivity contribution >= 4 is 57.1 Å². The zero-order chi connectivity index (χ0) is 23.7. The van der Waals surface area contributed by atoms with Gasteiger partial charge in [-0.05, 0) is 59.8 Å². The van der Waals surface area contributed by atoms with E-state index in [1.807, 2.05) is 0 Å². The Kier molecular flexibility index (Phi) is 6.34. The second kappa shape index (κ2) is 9.55. The summed E-state index contributed by atoms with van der Waals surface area (Å²) in [6.45, 7) is 0. The molecule has 2 aromatic rings. The van der Waals surface area contributed by atoms with Crippen molar-refractivity contribution in [1.82, 2.24) is 5.01 Å². The summed E-state index contributed by atoms with van der Waals surface area (Å²) in [5, 5.41) is 17.9. The Morgan fingerprint density at radius 1 is 1.21 bits per heavy atom. The maximum atomic E-state index is 12.7. The fraction of sp³-hybridized carbons (Fsp3) is 0.292. The molecule has 0 unspecified atom stereocenters. The Morgan fingerprint density at radius 2 is 2.03 bits per heavy atom. The van der Waals surface area contributed by atoms with Crippen molar-refractivity contribution < 1.29 is 19.1 Å². The van der Waals surface area contributed by atoms with Crippen molar-refractivity contribution in [1.29, 1.82) is 5.41 Å². The number of fused-ring (bicyclic) bond motifs is 1. The number of rotatable bonds is 5. The minimum atomic E-state index is -0.476. The maximum absolute atomic E-state index is 12.7. The normalized spacial score (nSPS) is 19.7. The van der Waals surface area contributed by atoms with Gasteiger partial charge in [0.05, 0.1) is 12.7 Å². The van der Waals surface area contributed by atoms with E-state index in [1.165, 1.54) is 54.5 Å². The predicted molar refractivity (Wildman–Crippen MR) is 134 cm³/mol. The van der Waals surface area contributed by atoms with Crippen LogP contribution in [0.25, 0.3) is 6.08 Å². The predicted octanol–water partition coefficient (Wildman–Crippen LogP) is 5.18. The van der Waals surface area contributed by atoms with Crippen LogP contribution in [0.15, 0.2) is 51.4 Å². The molecule has 8 nitrogen and oxygen atoms in total. The molecule has 0 spiro atoms. The summed E-state index contributed by atoms with van der Waals surface area (Å²) in [6, 6.07) is 8.42. The molecule has 0 atom stereocenters. The Morgan fingerprint density at radius 3 is 2.76 bits per heavy atom. The molecule has 1 saturated carbocycles. The Labute approximate surface area is 204 Å². The summed E-state index contributed by atoms with van der Waals surface area (Å²) in [5.74, 6) is 0.0369. The SMILES string of the molecule is COc1cc(C=C2C(=N)N3N=C(C4CCCCC4)SC3=NC2=O)ccc1OC(=O)c1cccs1. The lowest BCUT2D eigenvalue weighted by Crippen LogP contribution is -2.35. The van der Waals surface area contributed by atoms with E-state index in [2.05, 4.69) is 10.1 Å². The quantitative estimate of drug-likeness (QED) is 0.349. The molecule has 0 radical (unpaired) electrons. The van der Waals surface area contributed by atoms with Crippen LogP contribution in [0.2, 0.25) is 0 Å². The van der Waals surface area contributed by atoms with Gasteiger partial charge in [-0.1, -0.05) is 31.4 Å². The summed E-state index contributed by atoms with van der Waals surface area (Å²) in [6.07, 6.45) is 7.35. The number of amides is 1. The lowest BCUT2D eigenvalue weighted by atomic mass is 9.90. The monoisotopic (exact) mass is 494 g/mol. The first kappa shape index (κ1) is 22.5. The molecular weight excluding hydrogens is 472 g/mol. The molecule has 174 valence electrons. The maximum Gasteiger partial charge on any atom is 0.353 e. The van der Waals surface area contributed by atoms with Gasteiger partial charge in [0, 0.05) is 5.92 Å². The number of hydrogen-bond acceptors (Lipinski definition) is 8. The van der Waals surface area contributed by atoms with Crippen LogP contribution in [-0.4, -0.2) is 40.0 Å². The Balaban J connectivity index is 1.38. The molecule has 1 amide bonds. The highest BCUT2D eigenvalue weighted by Crippen LogP contribution is 2.36. The van der Waals surface area contributed by atoms with E-state index in [0.717, 1.165) is 17.9 Å². The van der Waals surface area contributed by atoms with Gasteiger partial charge < -0.3 is 9.47 Å². The first-order valence-corrected chi connectivity index (χ1v) is 12.7. The van der Waals surface area contributed by atoms with Crippen LogP contribution in [0.1, 0.15) is 47.3 Å². The van der Waals surface area contributed by atoms with Crippen molar-refractivity contribution in [2.75, 3.05) is 7.11 Å². The van der Waals surface area contributed by atoms with E-state index in [-0.39, 0.29) is 17.2 Å². The number of ether oxygens (including phenoxy) is 2. The van der Waals surface area contributed by atoms with E-state index >= 15 is 0 Å². The molecule has 1 aliphatic carbocycles. The number of carbonyl (C=O) groups excluding carboxylic acids is 2. The van der Waals surface area contributed by atoms with Crippen molar-refractivity contribution in [3.8, 4) is 11.5 Å². The summed E-state index contributed by atoms with van der Waals surface area (Å²) >= 11 is 2.69. The van der Waals surface area contributed by atoms with E-state index < -0.39 is 11.9 Å². The molecule has 1 N–H and O–H groups in total. The number of esters is 1. The van der Waals surface area contributed by atoms with Crippen molar-refractivity contribution in [3.63, 3.8) is 0 Å². The minimum Gasteiger partial charge on any atom is -0.493 e. The second-order valence-electron chi connectivity index (χ2n) is 8.07. The number of methoxy groups -OCH3 is 1. The number of benzene rings is 1. The summed E-state index contributed by atoms with van der Waals surface area (Å²) in [4.78, 5) is 29.7. The van der Waals surface area contributed by atoms with Gasteiger partial charge in [-0.15, -0.1) is 11.3 Å². The molecule has 1 fully saturated rings. The van der Waals surface area contributed by atoms with Crippen molar-refractivity contribution in [2.24, 2.45) is 16.0 Å². The number of nitrogens with zero attached hydrogens (tertiary/aromatic N) is 3. The number of nitrogens with one attached hydrogen (secondary N) is 1. The van der Waals surface area contributed by atoms with E-state index in [9.17, 15) is 9.59 Å². The number of thiophene rings is 1. The molecule has 1 aromatic carbocycles. The van der Waals surface area contributed by atoms with Gasteiger partial charge in [0.1, 0.15) is 9.92 Å². The molecule has 10 heteroatoms. The smallest absolute Gasteiger partial charge is 0.353 e. The van der Waals surface area contributed by atoms with Crippen LogP contribution in [0.4, 0.5) is 0 Å². The lowest BCUT2D eigenvalue weighted by Gasteiger charge is -2.20. The zero-order valence-electron chi connectivity index (χ0n) is 18.4. The molecule has 3 heterocycles. The van der Waals surface area contributed by atoms with Crippen LogP contribution in [0.5, 0.6) is 11.5 Å². The zero-order valence-corrected chi connectivity index (χ0v) is 20.1. The average Bonchev–Trinajstić information content (AvgIpc) is 3.54. The van der Waals surface area contributed by atoms with Crippen LogP contribution in [0.3, 0.4) is 0 Å². The van der Waals surface area contributed by atoms with E-state index in [4.69, 9.17) is 14.9 Å². The standard InChI is InChI=1S/C24H22N4O4S2/c1-31-18-13-14(9-10-17(18)32-23(30)19-8-5-11-33-19)12-16-20(25)28-24(26-21(16)29)34-22(27-28)15-6-3-2-4-7-15/h5,8-13,15,25H,2-4,6-7H2,1H3.